The Hall–Kier alpha value is -0.240. The quantitative estimate of drug-likeness (QED) is 0.731. The van der Waals surface area contributed by atoms with Gasteiger partial charge >= 0.3 is 0 Å². The second kappa shape index (κ2) is 6.37. The van der Waals surface area contributed by atoms with Crippen molar-refractivity contribution in [3.8, 4) is 6.07 Å². The number of rotatable bonds is 5. The Morgan fingerprint density at radius 1 is 1.67 bits per heavy atom. The summed E-state index contributed by atoms with van der Waals surface area (Å²) in [6, 6.07) is 2.26. The molecule has 3 nitrogen and oxygen atoms in total. The maximum Gasteiger partial charge on any atom is 0.106 e. The molecule has 1 N–H and O–H groups in total. The minimum absolute atomic E-state index is 0.393. The van der Waals surface area contributed by atoms with E-state index in [1.807, 2.05) is 0 Å². The molecule has 0 aromatic carbocycles. The van der Waals surface area contributed by atoms with E-state index >= 15 is 0 Å². The summed E-state index contributed by atoms with van der Waals surface area (Å²) >= 11 is 1.77. The van der Waals surface area contributed by atoms with Gasteiger partial charge < -0.3 is 9.84 Å². The van der Waals surface area contributed by atoms with E-state index in [9.17, 15) is 10.4 Å². The van der Waals surface area contributed by atoms with Crippen LogP contribution < -0.4 is 0 Å². The molecule has 4 heteroatoms. The third-order valence-corrected chi connectivity index (χ3v) is 3.65. The molecule has 2 atom stereocenters. The Morgan fingerprint density at radius 3 is 3.00 bits per heavy atom. The first-order valence-corrected chi connectivity index (χ1v) is 6.80. The molecule has 2 unspecified atom stereocenters. The lowest BCUT2D eigenvalue weighted by Gasteiger charge is -2.34. The van der Waals surface area contributed by atoms with Crippen LogP contribution in [0.2, 0.25) is 0 Å². The van der Waals surface area contributed by atoms with Gasteiger partial charge in [-0.25, -0.2) is 0 Å². The number of aliphatic hydroxyl groups excluding tert-OH is 1. The topological polar surface area (TPSA) is 53.2 Å². The van der Waals surface area contributed by atoms with E-state index in [1.165, 1.54) is 0 Å². The van der Waals surface area contributed by atoms with Gasteiger partial charge in [0.25, 0.3) is 0 Å². The first-order chi connectivity index (χ1) is 7.25. The monoisotopic (exact) mass is 229 g/mol. The summed E-state index contributed by atoms with van der Waals surface area (Å²) in [6.07, 6.45) is 4.84. The number of hydrogen-bond acceptors (Lipinski definition) is 4. The molecule has 0 radical (unpaired) electrons. The van der Waals surface area contributed by atoms with Crippen LogP contribution in [0.3, 0.4) is 0 Å². The van der Waals surface area contributed by atoms with Crippen LogP contribution in [0.25, 0.3) is 0 Å². The molecule has 1 fully saturated rings. The van der Waals surface area contributed by atoms with E-state index in [1.54, 1.807) is 11.8 Å². The Kier molecular flexibility index (Phi) is 5.44. The summed E-state index contributed by atoms with van der Waals surface area (Å²) in [4.78, 5) is 0. The van der Waals surface area contributed by atoms with Crippen molar-refractivity contribution in [2.45, 2.75) is 31.8 Å². The highest BCUT2D eigenvalue weighted by Gasteiger charge is 2.39. The standard InChI is InChI=1S/C11H19NO2S/c1-15-7-2-4-10(13)11(8-12)5-3-6-14-9-11/h10,13H,2-7,9H2,1H3. The molecular weight excluding hydrogens is 210 g/mol. The summed E-state index contributed by atoms with van der Waals surface area (Å²) in [6.45, 7) is 1.12. The van der Waals surface area contributed by atoms with Crippen molar-refractivity contribution < 1.29 is 9.84 Å². The second-order valence-corrected chi connectivity index (χ2v) is 5.06. The average Bonchev–Trinajstić information content (AvgIpc) is 2.30. The molecule has 0 amide bonds. The van der Waals surface area contributed by atoms with E-state index < -0.39 is 11.5 Å². The van der Waals surface area contributed by atoms with Crippen LogP contribution in [-0.4, -0.2) is 36.4 Å². The zero-order valence-corrected chi connectivity index (χ0v) is 10.1. The molecule has 0 aromatic heterocycles. The lowest BCUT2D eigenvalue weighted by atomic mass is 9.77. The summed E-state index contributed by atoms with van der Waals surface area (Å²) in [5.74, 6) is 1.04. The molecule has 0 aliphatic carbocycles. The fourth-order valence-electron chi connectivity index (χ4n) is 1.94. The van der Waals surface area contributed by atoms with Crippen molar-refractivity contribution >= 4 is 11.8 Å². The molecule has 1 heterocycles. The number of hydrogen-bond donors (Lipinski definition) is 1. The first-order valence-electron chi connectivity index (χ1n) is 5.41. The predicted molar refractivity (Wildman–Crippen MR) is 61.7 cm³/mol. The van der Waals surface area contributed by atoms with Crippen LogP contribution in [0.15, 0.2) is 0 Å². The van der Waals surface area contributed by atoms with Gasteiger partial charge in [-0.1, -0.05) is 0 Å². The number of ether oxygens (including phenoxy) is 1. The number of nitriles is 1. The van der Waals surface area contributed by atoms with Crippen molar-refractivity contribution in [3.63, 3.8) is 0 Å². The van der Waals surface area contributed by atoms with E-state index in [0.29, 0.717) is 13.0 Å². The third kappa shape index (κ3) is 3.37. The highest BCUT2D eigenvalue weighted by molar-refractivity contribution is 7.98. The van der Waals surface area contributed by atoms with Gasteiger partial charge in [0, 0.05) is 6.61 Å². The van der Waals surface area contributed by atoms with E-state index in [0.717, 1.165) is 31.6 Å². The van der Waals surface area contributed by atoms with Gasteiger partial charge in [0.1, 0.15) is 5.41 Å². The Balaban J connectivity index is 2.45. The van der Waals surface area contributed by atoms with Crippen LogP contribution in [-0.2, 0) is 4.74 Å². The lowest BCUT2D eigenvalue weighted by molar-refractivity contribution is -0.0517. The molecule has 1 saturated heterocycles. The van der Waals surface area contributed by atoms with E-state index in [2.05, 4.69) is 12.3 Å². The Bertz CT molecular complexity index is 221. The molecule has 1 aliphatic rings. The molecule has 0 aromatic rings. The Morgan fingerprint density at radius 2 is 2.47 bits per heavy atom. The highest BCUT2D eigenvalue weighted by Crippen LogP contribution is 2.33. The van der Waals surface area contributed by atoms with Crippen LogP contribution in [0.4, 0.5) is 0 Å². The van der Waals surface area contributed by atoms with Crippen molar-refractivity contribution in [3.05, 3.63) is 0 Å². The Labute approximate surface area is 95.8 Å². The van der Waals surface area contributed by atoms with Gasteiger partial charge in [0.15, 0.2) is 0 Å². The average molecular weight is 229 g/mol. The largest absolute Gasteiger partial charge is 0.391 e. The molecule has 0 saturated carbocycles. The van der Waals surface area contributed by atoms with Gasteiger partial charge in [-0.15, -0.1) is 0 Å². The van der Waals surface area contributed by atoms with Crippen LogP contribution in [0, 0.1) is 16.7 Å². The highest BCUT2D eigenvalue weighted by atomic mass is 32.2. The molecule has 0 spiro atoms. The van der Waals surface area contributed by atoms with Crippen molar-refractivity contribution in [2.75, 3.05) is 25.2 Å². The zero-order chi connectivity index (χ0) is 11.1. The van der Waals surface area contributed by atoms with Gasteiger partial charge in [-0.05, 0) is 37.7 Å². The van der Waals surface area contributed by atoms with Crippen LogP contribution >= 0.6 is 11.8 Å². The smallest absolute Gasteiger partial charge is 0.106 e. The number of thioether (sulfide) groups is 1. The molecule has 15 heavy (non-hydrogen) atoms. The van der Waals surface area contributed by atoms with Gasteiger partial charge in [0.2, 0.25) is 0 Å². The zero-order valence-electron chi connectivity index (χ0n) is 9.24. The van der Waals surface area contributed by atoms with Crippen LogP contribution in [0.1, 0.15) is 25.7 Å². The van der Waals surface area contributed by atoms with Crippen molar-refractivity contribution in [2.24, 2.45) is 5.41 Å². The maximum absolute atomic E-state index is 10.0. The van der Waals surface area contributed by atoms with Crippen molar-refractivity contribution in [1.82, 2.24) is 0 Å². The summed E-state index contributed by atoms with van der Waals surface area (Å²) in [5.41, 5.74) is -0.642. The first kappa shape index (κ1) is 12.8. The van der Waals surface area contributed by atoms with Gasteiger partial charge in [0.05, 0.1) is 18.8 Å². The van der Waals surface area contributed by atoms with Gasteiger partial charge in [-0.2, -0.15) is 17.0 Å². The van der Waals surface area contributed by atoms with Crippen molar-refractivity contribution in [1.29, 1.82) is 5.26 Å². The number of nitrogens with zero attached hydrogens (tertiary/aromatic N) is 1. The van der Waals surface area contributed by atoms with Gasteiger partial charge in [-0.3, -0.25) is 0 Å². The summed E-state index contributed by atoms with van der Waals surface area (Å²) < 4.78 is 5.32. The summed E-state index contributed by atoms with van der Waals surface area (Å²) in [5, 5.41) is 19.2. The molecule has 0 bridgehead atoms. The SMILES string of the molecule is CSCCCC(O)C1(C#N)CCCOC1. The predicted octanol–water partition coefficient (Wildman–Crippen LogP) is 1.81. The molecule has 86 valence electrons. The third-order valence-electron chi connectivity index (χ3n) is 2.96. The fourth-order valence-corrected chi connectivity index (χ4v) is 2.39. The fraction of sp³-hybridized carbons (Fsp3) is 0.909. The van der Waals surface area contributed by atoms with Crippen LogP contribution in [0.5, 0.6) is 0 Å². The lowest BCUT2D eigenvalue weighted by Crippen LogP contribution is -2.41. The molecular formula is C11H19NO2S. The van der Waals surface area contributed by atoms with E-state index in [4.69, 9.17) is 4.74 Å². The maximum atomic E-state index is 10.0. The second-order valence-electron chi connectivity index (χ2n) is 4.07. The minimum atomic E-state index is -0.642. The summed E-state index contributed by atoms with van der Waals surface area (Å²) in [7, 11) is 0. The minimum Gasteiger partial charge on any atom is -0.391 e. The molecule has 1 aliphatic heterocycles. The normalized spacial score (nSPS) is 28.3. The van der Waals surface area contributed by atoms with E-state index in [-0.39, 0.29) is 0 Å². The number of aliphatic hydroxyl groups is 1. The molecule has 1 rings (SSSR count).